The molecule has 14 nitrogen and oxygen atoms in total. The van der Waals surface area contributed by atoms with Gasteiger partial charge in [0.05, 0.1) is 18.8 Å². The molecule has 0 aromatic carbocycles. The van der Waals surface area contributed by atoms with Gasteiger partial charge in [-0.05, 0) is 0 Å². The van der Waals surface area contributed by atoms with Crippen LogP contribution in [0.15, 0.2) is 12.4 Å². The molecule has 0 spiro atoms. The van der Waals surface area contributed by atoms with Gasteiger partial charge in [-0.1, -0.05) is 0 Å². The van der Waals surface area contributed by atoms with E-state index in [9.17, 15) is 13.9 Å². The zero-order chi connectivity index (χ0) is 22.9. The van der Waals surface area contributed by atoms with Crippen molar-refractivity contribution >= 4 is 40.1 Å². The molecule has 0 aliphatic carbocycles. The van der Waals surface area contributed by atoms with Crippen molar-refractivity contribution in [2.45, 2.75) is 6.73 Å². The number of ether oxygens (including phenoxy) is 1. The number of nitrogens with two attached hydrogens (primary N) is 1. The minimum absolute atomic E-state index is 0.152. The van der Waals surface area contributed by atoms with E-state index in [0.29, 0.717) is 86.8 Å². The summed E-state index contributed by atoms with van der Waals surface area (Å²) in [7, 11) is 0. The van der Waals surface area contributed by atoms with Gasteiger partial charge in [0.15, 0.2) is 22.8 Å². The maximum absolute atomic E-state index is 11.4. The van der Waals surface area contributed by atoms with Crippen LogP contribution in [0.4, 0.5) is 17.7 Å². The highest BCUT2D eigenvalue weighted by atomic mass is 32.2. The van der Waals surface area contributed by atoms with Gasteiger partial charge in [-0.15, -0.1) is 0 Å². The van der Waals surface area contributed by atoms with E-state index < -0.39 is 11.3 Å². The quantitative estimate of drug-likeness (QED) is 0.381. The normalized spacial score (nSPS) is 18.7. The summed E-state index contributed by atoms with van der Waals surface area (Å²) >= 11 is -2.01. The number of piperazine rings is 1. The van der Waals surface area contributed by atoms with Gasteiger partial charge in [-0.3, -0.25) is 9.12 Å². The van der Waals surface area contributed by atoms with E-state index in [1.54, 1.807) is 17.0 Å². The largest absolute Gasteiger partial charge is 0.378 e. The van der Waals surface area contributed by atoms with Crippen LogP contribution in [0.25, 0.3) is 22.6 Å². The fourth-order valence-electron chi connectivity index (χ4n) is 3.97. The Balaban J connectivity index is 1.61. The van der Waals surface area contributed by atoms with E-state index in [1.807, 2.05) is 4.90 Å². The van der Waals surface area contributed by atoms with Gasteiger partial charge < -0.3 is 25.4 Å². The minimum Gasteiger partial charge on any atom is -0.378 e. The first kappa shape index (κ1) is 21.8. The van der Waals surface area contributed by atoms with Gasteiger partial charge in [-0.2, -0.15) is 4.31 Å². The predicted octanol–water partition coefficient (Wildman–Crippen LogP) is -1.09. The molecular formula is C18H24N10O4S. The second kappa shape index (κ2) is 9.11. The molecular weight excluding hydrogens is 452 g/mol. The third-order valence-corrected chi connectivity index (χ3v) is 6.49. The lowest BCUT2D eigenvalue weighted by Crippen LogP contribution is -2.47. The number of rotatable bonds is 5. The van der Waals surface area contributed by atoms with Crippen LogP contribution in [0.2, 0.25) is 0 Å². The Bertz CT molecular complexity index is 1160. The SMILES string of the molecule is Nc1ncc(-c2nc(N3CCOCC3)c3nc(N4CCN(S(=O)O)CC4)n(CO)c3n2)cn1. The number of imidazole rings is 1. The molecule has 1 atom stereocenters. The third kappa shape index (κ3) is 4.20. The highest BCUT2D eigenvalue weighted by Crippen LogP contribution is 2.31. The van der Waals surface area contributed by atoms with Gasteiger partial charge in [-0.25, -0.2) is 29.1 Å². The molecule has 15 heteroatoms. The first-order chi connectivity index (χ1) is 16.0. The Morgan fingerprint density at radius 2 is 1.70 bits per heavy atom. The van der Waals surface area contributed by atoms with Crippen molar-refractivity contribution in [3.05, 3.63) is 12.4 Å². The molecule has 5 heterocycles. The summed E-state index contributed by atoms with van der Waals surface area (Å²) in [6, 6.07) is 0. The molecule has 3 aromatic heterocycles. The fraction of sp³-hybridized carbons (Fsp3) is 0.500. The first-order valence-electron chi connectivity index (χ1n) is 10.5. The molecule has 176 valence electrons. The molecule has 5 rings (SSSR count). The Kier molecular flexibility index (Phi) is 6.03. The Hall–Kier alpha value is -2.98. The maximum Gasteiger partial charge on any atom is 0.234 e. The second-order valence-corrected chi connectivity index (χ2v) is 8.58. The van der Waals surface area contributed by atoms with Gasteiger partial charge >= 0.3 is 0 Å². The molecule has 2 aliphatic rings. The summed E-state index contributed by atoms with van der Waals surface area (Å²) in [5.41, 5.74) is 7.26. The summed E-state index contributed by atoms with van der Waals surface area (Å²) in [5, 5.41) is 10.2. The summed E-state index contributed by atoms with van der Waals surface area (Å²) in [6.45, 7) is 3.84. The van der Waals surface area contributed by atoms with E-state index in [1.165, 1.54) is 4.31 Å². The number of aromatic nitrogens is 6. The minimum atomic E-state index is -2.01. The van der Waals surface area contributed by atoms with Crippen molar-refractivity contribution < 1.29 is 18.6 Å². The lowest BCUT2D eigenvalue weighted by atomic mass is 10.3. The standard InChI is InChI=1S/C18H24N10O4S/c19-17-20-9-12(10-21-17)14-23-15(25-5-7-32-8-6-25)13-16(24-14)28(11-29)18(22-13)26-1-3-27(4-2-26)33(30)31/h9-10,29H,1-8,11H2,(H,30,31)(H2,19,20,21). The molecule has 2 aliphatic heterocycles. The molecule has 2 saturated heterocycles. The number of anilines is 3. The molecule has 0 radical (unpaired) electrons. The number of aliphatic hydroxyl groups excluding tert-OH is 1. The van der Waals surface area contributed by atoms with Crippen LogP contribution in [0, 0.1) is 0 Å². The Labute approximate surface area is 191 Å². The number of hydrogen-bond acceptors (Lipinski definition) is 11. The van der Waals surface area contributed by atoms with Crippen molar-refractivity contribution in [1.82, 2.24) is 33.8 Å². The smallest absolute Gasteiger partial charge is 0.234 e. The summed E-state index contributed by atoms with van der Waals surface area (Å²) < 4.78 is 29.3. The lowest BCUT2D eigenvalue weighted by molar-refractivity contribution is 0.122. The number of nitrogens with zero attached hydrogens (tertiary/aromatic N) is 9. The average Bonchev–Trinajstić information content (AvgIpc) is 3.23. The highest BCUT2D eigenvalue weighted by Gasteiger charge is 2.28. The topological polar surface area (TPSA) is 172 Å². The van der Waals surface area contributed by atoms with Crippen LogP contribution in [-0.2, 0) is 22.7 Å². The molecule has 1 unspecified atom stereocenters. The van der Waals surface area contributed by atoms with E-state index in [2.05, 4.69) is 19.9 Å². The number of morpholine rings is 1. The Morgan fingerprint density at radius 1 is 1.00 bits per heavy atom. The first-order valence-corrected chi connectivity index (χ1v) is 11.5. The Morgan fingerprint density at radius 3 is 2.33 bits per heavy atom. The summed E-state index contributed by atoms with van der Waals surface area (Å²) in [6.07, 6.45) is 3.11. The summed E-state index contributed by atoms with van der Waals surface area (Å²) in [5.74, 6) is 1.72. The average molecular weight is 477 g/mol. The second-order valence-electron chi connectivity index (χ2n) is 7.60. The van der Waals surface area contributed by atoms with Crippen LogP contribution in [0.3, 0.4) is 0 Å². The molecule has 0 saturated carbocycles. The molecule has 2 fully saturated rings. The van der Waals surface area contributed by atoms with Crippen molar-refractivity contribution in [3.8, 4) is 11.4 Å². The highest BCUT2D eigenvalue weighted by molar-refractivity contribution is 7.76. The van der Waals surface area contributed by atoms with E-state index in [4.69, 9.17) is 20.4 Å². The monoisotopic (exact) mass is 476 g/mol. The zero-order valence-electron chi connectivity index (χ0n) is 17.7. The van der Waals surface area contributed by atoms with Crippen LogP contribution in [-0.4, -0.2) is 100 Å². The zero-order valence-corrected chi connectivity index (χ0v) is 18.6. The molecule has 33 heavy (non-hydrogen) atoms. The number of fused-ring (bicyclic) bond motifs is 1. The lowest BCUT2D eigenvalue weighted by Gasteiger charge is -2.32. The molecule has 3 aromatic rings. The fourth-order valence-corrected chi connectivity index (χ4v) is 4.44. The van der Waals surface area contributed by atoms with Crippen LogP contribution >= 0.6 is 0 Å². The maximum atomic E-state index is 11.4. The van der Waals surface area contributed by atoms with E-state index >= 15 is 0 Å². The van der Waals surface area contributed by atoms with Crippen molar-refractivity contribution in [2.75, 3.05) is 68.0 Å². The summed E-state index contributed by atoms with van der Waals surface area (Å²) in [4.78, 5) is 26.4. The predicted molar refractivity (Wildman–Crippen MR) is 121 cm³/mol. The van der Waals surface area contributed by atoms with Crippen molar-refractivity contribution in [1.29, 1.82) is 0 Å². The van der Waals surface area contributed by atoms with Gasteiger partial charge in [0, 0.05) is 51.7 Å². The number of nitrogen functional groups attached to an aromatic ring is 1. The van der Waals surface area contributed by atoms with Gasteiger partial charge in [0.2, 0.25) is 23.2 Å². The molecule has 0 bridgehead atoms. The van der Waals surface area contributed by atoms with Crippen molar-refractivity contribution in [3.63, 3.8) is 0 Å². The van der Waals surface area contributed by atoms with Crippen molar-refractivity contribution in [2.24, 2.45) is 0 Å². The molecule has 0 amide bonds. The third-order valence-electron chi connectivity index (χ3n) is 5.68. The van der Waals surface area contributed by atoms with Crippen LogP contribution in [0.1, 0.15) is 0 Å². The van der Waals surface area contributed by atoms with Gasteiger partial charge in [0.25, 0.3) is 0 Å². The van der Waals surface area contributed by atoms with Crippen LogP contribution in [0.5, 0.6) is 0 Å². The molecule has 4 N–H and O–H groups in total. The van der Waals surface area contributed by atoms with Gasteiger partial charge in [0.1, 0.15) is 6.73 Å². The van der Waals surface area contributed by atoms with E-state index in [0.717, 1.165) is 0 Å². The number of hydrogen-bond donors (Lipinski definition) is 3. The number of aliphatic hydroxyl groups is 1. The van der Waals surface area contributed by atoms with Crippen LogP contribution < -0.4 is 15.5 Å². The van der Waals surface area contributed by atoms with E-state index in [-0.39, 0.29) is 12.7 Å².